The molecular weight excluding hydrogens is 765 g/mol. The maximum absolute atomic E-state index is 16.9. The van der Waals surface area contributed by atoms with Crippen LogP contribution in [0.1, 0.15) is 95.9 Å². The molecule has 8 heteroatoms. The predicted octanol–water partition coefficient (Wildman–Crippen LogP) is 8.56. The van der Waals surface area contributed by atoms with E-state index in [9.17, 15) is 5.11 Å². The van der Waals surface area contributed by atoms with E-state index < -0.39 is 74.0 Å². The number of aliphatic hydroxyl groups is 1. The van der Waals surface area contributed by atoms with E-state index in [-0.39, 0.29) is 55.7 Å². The fourth-order valence-corrected chi connectivity index (χ4v) is 13.9. The van der Waals surface area contributed by atoms with Crippen molar-refractivity contribution < 1.29 is 38.6 Å². The Morgan fingerprint density at radius 2 is 0.852 bits per heavy atom. The molecule has 0 radical (unpaired) electrons. The molecule has 0 saturated heterocycles. The van der Waals surface area contributed by atoms with Gasteiger partial charge in [-0.1, -0.05) is 133 Å². The first-order valence-corrected chi connectivity index (χ1v) is 20.3. The van der Waals surface area contributed by atoms with Crippen molar-refractivity contribution in [2.45, 2.75) is 16.7 Å². The molecule has 61 heavy (non-hydrogen) atoms. The molecule has 290 valence electrons. The zero-order valence-electron chi connectivity index (χ0n) is 32.3. The number of Topliss-reactive ketones (excluding diaryl/α,β-unsaturated/α-hetero) is 6. The lowest BCUT2D eigenvalue weighted by Gasteiger charge is -2.72. The van der Waals surface area contributed by atoms with E-state index in [4.69, 9.17) is 4.74 Å². The summed E-state index contributed by atoms with van der Waals surface area (Å²) in [5.74, 6) is -6.44. The summed E-state index contributed by atoms with van der Waals surface area (Å²) in [6, 6.07) is 40.6. The van der Waals surface area contributed by atoms with Gasteiger partial charge in [0.15, 0.2) is 34.7 Å². The normalized spacial score (nSPS) is 27.6. The SMILES string of the molecule is COc1ccc([C@@H]2C3(C(=O)c4ccccc4C3=O)[C@]34C(=C5c6ccccc6C(=O)[C@@]52[C@@]2(C5=C(O)c6ccccc6C5=O)c5ccccc5C(=O)[C@@H]32)C(=O)c2ccccc24)cc1. The van der Waals surface area contributed by atoms with Gasteiger partial charge in [-0.3, -0.25) is 28.8 Å². The number of carbonyl (C=O) groups is 6. The number of ketones is 6. The van der Waals surface area contributed by atoms with Gasteiger partial charge in [0.2, 0.25) is 0 Å². The number of ether oxygens (including phenoxy) is 1. The number of allylic oxidation sites excluding steroid dienone is 3. The van der Waals surface area contributed by atoms with Crippen LogP contribution in [0.4, 0.5) is 0 Å². The zero-order valence-corrected chi connectivity index (χ0v) is 32.3. The molecule has 0 heterocycles. The maximum atomic E-state index is 16.9. The van der Waals surface area contributed by atoms with Crippen LogP contribution in [0.3, 0.4) is 0 Å². The van der Waals surface area contributed by atoms with Crippen molar-refractivity contribution in [3.8, 4) is 5.75 Å². The van der Waals surface area contributed by atoms with Gasteiger partial charge in [-0.25, -0.2) is 0 Å². The van der Waals surface area contributed by atoms with Crippen LogP contribution < -0.4 is 4.74 Å². The molecule has 6 aromatic rings. The summed E-state index contributed by atoms with van der Waals surface area (Å²) in [4.78, 5) is 97.7. The molecule has 8 nitrogen and oxygen atoms in total. The molecule has 5 atom stereocenters. The van der Waals surface area contributed by atoms with Crippen LogP contribution >= 0.6 is 0 Å². The second-order valence-electron chi connectivity index (χ2n) is 17.1. The van der Waals surface area contributed by atoms with Gasteiger partial charge >= 0.3 is 0 Å². The average Bonchev–Trinajstić information content (AvgIpc) is 3.98. The van der Waals surface area contributed by atoms with Gasteiger partial charge in [0.05, 0.1) is 34.8 Å². The van der Waals surface area contributed by atoms with Crippen molar-refractivity contribution in [1.29, 1.82) is 0 Å². The fraction of sp³-hybridized carbons (Fsp3) is 0.132. The van der Waals surface area contributed by atoms with E-state index in [0.717, 1.165) is 0 Å². The van der Waals surface area contributed by atoms with E-state index in [1.807, 2.05) is 0 Å². The van der Waals surface area contributed by atoms with Crippen LogP contribution in [0.25, 0.3) is 11.3 Å². The fourth-order valence-electron chi connectivity index (χ4n) is 13.9. The van der Waals surface area contributed by atoms with Gasteiger partial charge in [0, 0.05) is 50.4 Å². The number of hydrogen-bond acceptors (Lipinski definition) is 8. The number of hydrogen-bond donors (Lipinski definition) is 1. The van der Waals surface area contributed by atoms with Crippen molar-refractivity contribution in [3.63, 3.8) is 0 Å². The summed E-state index contributed by atoms with van der Waals surface area (Å²) in [5, 5.41) is 12.9. The zero-order chi connectivity index (χ0) is 41.5. The summed E-state index contributed by atoms with van der Waals surface area (Å²) in [5.41, 5.74) is -6.05. The molecule has 8 aliphatic rings. The lowest BCUT2D eigenvalue weighted by Crippen LogP contribution is -2.79. The van der Waals surface area contributed by atoms with Crippen LogP contribution in [-0.2, 0) is 10.8 Å². The maximum Gasteiger partial charge on any atom is 0.194 e. The van der Waals surface area contributed by atoms with Crippen LogP contribution in [-0.4, -0.2) is 46.9 Å². The summed E-state index contributed by atoms with van der Waals surface area (Å²) < 4.78 is 5.62. The van der Waals surface area contributed by atoms with Gasteiger partial charge in [-0.15, -0.1) is 0 Å². The van der Waals surface area contributed by atoms with Crippen molar-refractivity contribution >= 4 is 46.0 Å². The minimum atomic E-state index is -2.35. The molecule has 1 fully saturated rings. The lowest BCUT2D eigenvalue weighted by atomic mass is 9.24. The number of benzene rings is 6. The third kappa shape index (κ3) is 3.16. The van der Waals surface area contributed by atoms with E-state index >= 15 is 28.8 Å². The summed E-state index contributed by atoms with van der Waals surface area (Å²) in [6.07, 6.45) is 0. The first-order valence-electron chi connectivity index (χ1n) is 20.3. The number of fused-ring (bicyclic) bond motifs is 5. The summed E-state index contributed by atoms with van der Waals surface area (Å²) >= 11 is 0. The van der Waals surface area contributed by atoms with Crippen molar-refractivity contribution in [1.82, 2.24) is 0 Å². The van der Waals surface area contributed by atoms with Crippen LogP contribution in [0, 0.1) is 16.7 Å². The quantitative estimate of drug-likeness (QED) is 0.176. The Morgan fingerprint density at radius 1 is 0.410 bits per heavy atom. The van der Waals surface area contributed by atoms with Gasteiger partial charge in [-0.05, 0) is 40.0 Å². The number of aliphatic hydroxyl groups excluding tert-OH is 1. The predicted molar refractivity (Wildman–Crippen MR) is 222 cm³/mol. The molecule has 1 N–H and O–H groups in total. The Kier molecular flexibility index (Phi) is 6.06. The minimum absolute atomic E-state index is 0.0381. The Bertz CT molecular complexity index is 3260. The van der Waals surface area contributed by atoms with Crippen molar-refractivity contribution in [2.24, 2.45) is 16.7 Å². The van der Waals surface area contributed by atoms with E-state index in [0.29, 0.717) is 28.0 Å². The lowest BCUT2D eigenvalue weighted by molar-refractivity contribution is -0.0453. The van der Waals surface area contributed by atoms with Gasteiger partial charge in [0.1, 0.15) is 16.9 Å². The van der Waals surface area contributed by atoms with Crippen molar-refractivity contribution in [3.05, 3.63) is 218 Å². The number of rotatable bonds is 3. The Hall–Kier alpha value is -7.58. The molecule has 3 spiro atoms. The summed E-state index contributed by atoms with van der Waals surface area (Å²) in [7, 11) is 1.52. The smallest absolute Gasteiger partial charge is 0.194 e. The molecule has 1 saturated carbocycles. The Labute approximate surface area is 347 Å². The van der Waals surface area contributed by atoms with E-state index in [1.54, 1.807) is 146 Å². The average molecular weight is 795 g/mol. The standard InChI is InChI=1S/C53H30O8/c1-61-27-24-22-26(23-25-27)45-52-38(28-12-2-5-15-31(28)47(52)58)39-43(56)34-18-8-10-20-36(34)50(39,53(45)48(59)32-16-6-7-17-33(32)49(53)60)46-44(57)35-19-9-11-21-37(35)51(46,52)40-41(54)29-13-3-4-14-30(29)42(40)55/h2-25,45-46,54H,1H3/t45-,46-,50+,51+,52+/m0/s1. The van der Waals surface area contributed by atoms with E-state index in [1.165, 1.54) is 7.11 Å². The van der Waals surface area contributed by atoms with Gasteiger partial charge in [0.25, 0.3) is 0 Å². The highest BCUT2D eigenvalue weighted by atomic mass is 16.5. The van der Waals surface area contributed by atoms with E-state index in [2.05, 4.69) is 0 Å². The minimum Gasteiger partial charge on any atom is -0.507 e. The molecule has 2 bridgehead atoms. The largest absolute Gasteiger partial charge is 0.507 e. The second-order valence-corrected chi connectivity index (χ2v) is 17.1. The number of carbonyl (C=O) groups excluding carboxylic acids is 6. The summed E-state index contributed by atoms with van der Waals surface area (Å²) in [6.45, 7) is 0. The number of methoxy groups -OCH3 is 1. The Morgan fingerprint density at radius 3 is 1.44 bits per heavy atom. The molecule has 14 rings (SSSR count). The van der Waals surface area contributed by atoms with Gasteiger partial charge in [-0.2, -0.15) is 0 Å². The molecule has 0 amide bonds. The molecule has 8 aliphatic carbocycles. The molecule has 0 aliphatic heterocycles. The third-order valence-corrected chi connectivity index (χ3v) is 15.4. The molecular formula is C53H30O8. The third-order valence-electron chi connectivity index (χ3n) is 15.4. The first-order chi connectivity index (χ1) is 29.7. The highest BCUT2D eigenvalue weighted by molar-refractivity contribution is 6.40. The van der Waals surface area contributed by atoms with Crippen molar-refractivity contribution in [2.75, 3.05) is 7.11 Å². The highest BCUT2D eigenvalue weighted by Gasteiger charge is 2.95. The monoisotopic (exact) mass is 794 g/mol. The first kappa shape index (κ1) is 34.3. The van der Waals surface area contributed by atoms with Gasteiger partial charge < -0.3 is 9.84 Å². The molecule has 0 aromatic heterocycles. The van der Waals surface area contributed by atoms with Crippen LogP contribution in [0.5, 0.6) is 5.75 Å². The molecule has 0 unspecified atom stereocenters. The van der Waals surface area contributed by atoms with Crippen LogP contribution in [0.2, 0.25) is 0 Å². The molecule has 6 aromatic carbocycles. The highest BCUT2D eigenvalue weighted by Crippen LogP contribution is 2.89. The van der Waals surface area contributed by atoms with Crippen LogP contribution in [0.15, 0.2) is 157 Å². The second kappa shape index (κ2) is 10.8. The topological polar surface area (TPSA) is 132 Å². The Balaban J connectivity index is 1.37.